The van der Waals surface area contributed by atoms with Gasteiger partial charge in [-0.25, -0.2) is 4.39 Å². The van der Waals surface area contributed by atoms with E-state index in [4.69, 9.17) is 4.52 Å². The van der Waals surface area contributed by atoms with E-state index < -0.39 is 0 Å². The van der Waals surface area contributed by atoms with E-state index in [9.17, 15) is 9.18 Å². The number of benzene rings is 1. The minimum atomic E-state index is -0.274. The Morgan fingerprint density at radius 2 is 2.04 bits per heavy atom. The molecule has 1 aliphatic rings. The molecule has 1 saturated heterocycles. The quantitative estimate of drug-likeness (QED) is 0.907. The van der Waals surface area contributed by atoms with Crippen LogP contribution in [0.25, 0.3) is 0 Å². The van der Waals surface area contributed by atoms with Gasteiger partial charge in [-0.1, -0.05) is 17.3 Å². The fourth-order valence-corrected chi connectivity index (χ4v) is 2.88. The Bertz CT molecular complexity index is 678. The molecular formula is C17H21FN4O2. The summed E-state index contributed by atoms with van der Waals surface area (Å²) in [6.07, 6.45) is 1.82. The van der Waals surface area contributed by atoms with Crippen LogP contribution in [0.4, 0.5) is 4.39 Å². The highest BCUT2D eigenvalue weighted by molar-refractivity contribution is 5.78. The molecule has 0 radical (unpaired) electrons. The van der Waals surface area contributed by atoms with Crippen LogP contribution in [0.15, 0.2) is 28.8 Å². The summed E-state index contributed by atoms with van der Waals surface area (Å²) in [7, 11) is 0. The standard InChI is InChI=1S/C17H21FN4O2/c1-12-20-17(24-21-12)14-6-8-22(9-7-14)11-16(23)19-10-13-2-4-15(18)5-3-13/h2-5,14H,6-11H2,1H3,(H,19,23). The smallest absolute Gasteiger partial charge is 0.234 e. The number of halogens is 1. The number of carbonyl (C=O) groups excluding carboxylic acids is 1. The molecule has 0 spiro atoms. The second-order valence-corrected chi connectivity index (χ2v) is 6.13. The van der Waals surface area contributed by atoms with Gasteiger partial charge in [0.2, 0.25) is 11.8 Å². The predicted molar refractivity (Wildman–Crippen MR) is 85.7 cm³/mol. The molecule has 2 aromatic rings. The predicted octanol–water partition coefficient (Wildman–Crippen LogP) is 2.01. The van der Waals surface area contributed by atoms with Gasteiger partial charge in [0.25, 0.3) is 0 Å². The van der Waals surface area contributed by atoms with Gasteiger partial charge in [-0.2, -0.15) is 4.98 Å². The van der Waals surface area contributed by atoms with Gasteiger partial charge in [0, 0.05) is 12.5 Å². The van der Waals surface area contributed by atoms with E-state index >= 15 is 0 Å². The summed E-state index contributed by atoms with van der Waals surface area (Å²) in [5, 5.41) is 6.70. The van der Waals surface area contributed by atoms with Gasteiger partial charge in [0.1, 0.15) is 5.82 Å². The lowest BCUT2D eigenvalue weighted by molar-refractivity contribution is -0.122. The molecule has 1 amide bonds. The summed E-state index contributed by atoms with van der Waals surface area (Å²) in [6.45, 7) is 4.26. The second kappa shape index (κ2) is 7.53. The Balaban J connectivity index is 1.40. The first kappa shape index (κ1) is 16.6. The third kappa shape index (κ3) is 4.38. The normalized spacial score (nSPS) is 16.2. The molecule has 0 aliphatic carbocycles. The molecule has 1 aromatic carbocycles. The number of amides is 1. The van der Waals surface area contributed by atoms with Crippen molar-refractivity contribution in [2.24, 2.45) is 0 Å². The zero-order valence-corrected chi connectivity index (χ0v) is 13.7. The molecule has 128 valence electrons. The van der Waals surface area contributed by atoms with Crippen molar-refractivity contribution in [3.05, 3.63) is 47.4 Å². The molecule has 24 heavy (non-hydrogen) atoms. The summed E-state index contributed by atoms with van der Waals surface area (Å²) in [5.74, 6) is 1.35. The number of aromatic nitrogens is 2. The van der Waals surface area contributed by atoms with Crippen molar-refractivity contribution in [2.75, 3.05) is 19.6 Å². The lowest BCUT2D eigenvalue weighted by Crippen LogP contribution is -2.41. The number of likely N-dealkylation sites (tertiary alicyclic amines) is 1. The fraction of sp³-hybridized carbons (Fsp3) is 0.471. The monoisotopic (exact) mass is 332 g/mol. The zero-order valence-electron chi connectivity index (χ0n) is 13.7. The van der Waals surface area contributed by atoms with E-state index in [-0.39, 0.29) is 17.6 Å². The summed E-state index contributed by atoms with van der Waals surface area (Å²) < 4.78 is 18.1. The Kier molecular flexibility index (Phi) is 5.20. The minimum absolute atomic E-state index is 0.0218. The van der Waals surface area contributed by atoms with Gasteiger partial charge in [0.05, 0.1) is 6.54 Å². The van der Waals surface area contributed by atoms with Crippen LogP contribution in [0.2, 0.25) is 0 Å². The average molecular weight is 332 g/mol. The number of rotatable bonds is 5. The molecule has 2 heterocycles. The minimum Gasteiger partial charge on any atom is -0.351 e. The molecule has 1 fully saturated rings. The maximum absolute atomic E-state index is 12.8. The Hall–Kier alpha value is -2.28. The van der Waals surface area contributed by atoms with E-state index in [1.54, 1.807) is 12.1 Å². The molecule has 1 aliphatic heterocycles. The molecule has 0 bridgehead atoms. The van der Waals surface area contributed by atoms with E-state index in [0.717, 1.165) is 31.5 Å². The third-order valence-electron chi connectivity index (χ3n) is 4.25. The number of hydrogen-bond donors (Lipinski definition) is 1. The van der Waals surface area contributed by atoms with Gasteiger partial charge in [0.15, 0.2) is 5.82 Å². The number of piperidine rings is 1. The number of hydrogen-bond acceptors (Lipinski definition) is 5. The van der Waals surface area contributed by atoms with Gasteiger partial charge < -0.3 is 9.84 Å². The Morgan fingerprint density at radius 3 is 2.67 bits per heavy atom. The molecular weight excluding hydrogens is 311 g/mol. The maximum Gasteiger partial charge on any atom is 0.234 e. The summed E-state index contributed by atoms with van der Waals surface area (Å²) in [4.78, 5) is 18.5. The van der Waals surface area contributed by atoms with Crippen molar-refractivity contribution in [1.82, 2.24) is 20.4 Å². The number of nitrogens with zero attached hydrogens (tertiary/aromatic N) is 3. The van der Waals surface area contributed by atoms with Crippen LogP contribution in [-0.2, 0) is 11.3 Å². The lowest BCUT2D eigenvalue weighted by atomic mass is 9.97. The van der Waals surface area contributed by atoms with E-state index in [1.807, 2.05) is 6.92 Å². The first-order valence-electron chi connectivity index (χ1n) is 8.14. The van der Waals surface area contributed by atoms with Crippen molar-refractivity contribution >= 4 is 5.91 Å². The highest BCUT2D eigenvalue weighted by Gasteiger charge is 2.25. The topological polar surface area (TPSA) is 71.3 Å². The van der Waals surface area contributed by atoms with Crippen molar-refractivity contribution in [1.29, 1.82) is 0 Å². The van der Waals surface area contributed by atoms with E-state index in [1.165, 1.54) is 12.1 Å². The van der Waals surface area contributed by atoms with Crippen LogP contribution >= 0.6 is 0 Å². The lowest BCUT2D eigenvalue weighted by Gasteiger charge is -2.29. The molecule has 6 nitrogen and oxygen atoms in total. The number of aryl methyl sites for hydroxylation is 1. The Labute approximate surface area is 140 Å². The van der Waals surface area contributed by atoms with Crippen molar-refractivity contribution in [3.8, 4) is 0 Å². The molecule has 1 N–H and O–H groups in total. The Morgan fingerprint density at radius 1 is 1.33 bits per heavy atom. The summed E-state index contributed by atoms with van der Waals surface area (Å²) in [5.41, 5.74) is 0.884. The molecule has 0 unspecified atom stereocenters. The van der Waals surface area contributed by atoms with E-state index in [2.05, 4.69) is 20.4 Å². The van der Waals surface area contributed by atoms with Gasteiger partial charge >= 0.3 is 0 Å². The van der Waals surface area contributed by atoms with Gasteiger partial charge in [-0.15, -0.1) is 0 Å². The zero-order chi connectivity index (χ0) is 16.9. The first-order valence-corrected chi connectivity index (χ1v) is 8.14. The molecule has 3 rings (SSSR count). The molecule has 0 saturated carbocycles. The number of nitrogens with one attached hydrogen (secondary N) is 1. The van der Waals surface area contributed by atoms with Crippen molar-refractivity contribution in [3.63, 3.8) is 0 Å². The van der Waals surface area contributed by atoms with Gasteiger partial charge in [-0.3, -0.25) is 9.69 Å². The van der Waals surface area contributed by atoms with E-state index in [0.29, 0.717) is 24.8 Å². The summed E-state index contributed by atoms with van der Waals surface area (Å²) in [6, 6.07) is 6.14. The van der Waals surface area contributed by atoms with Crippen LogP contribution < -0.4 is 5.32 Å². The molecule has 0 atom stereocenters. The first-order chi connectivity index (χ1) is 11.6. The number of carbonyl (C=O) groups is 1. The SMILES string of the molecule is Cc1noc(C2CCN(CC(=O)NCc3ccc(F)cc3)CC2)n1. The highest BCUT2D eigenvalue weighted by Crippen LogP contribution is 2.26. The van der Waals surface area contributed by atoms with Crippen LogP contribution in [0.1, 0.15) is 36.0 Å². The second-order valence-electron chi connectivity index (χ2n) is 6.13. The molecule has 7 heteroatoms. The fourth-order valence-electron chi connectivity index (χ4n) is 2.88. The van der Waals surface area contributed by atoms with Crippen molar-refractivity contribution in [2.45, 2.75) is 32.2 Å². The van der Waals surface area contributed by atoms with Crippen LogP contribution in [0, 0.1) is 12.7 Å². The molecule has 1 aromatic heterocycles. The van der Waals surface area contributed by atoms with Crippen molar-refractivity contribution < 1.29 is 13.7 Å². The van der Waals surface area contributed by atoms with Gasteiger partial charge in [-0.05, 0) is 50.6 Å². The van der Waals surface area contributed by atoms with Crippen LogP contribution in [-0.4, -0.2) is 40.6 Å². The highest BCUT2D eigenvalue weighted by atomic mass is 19.1. The summed E-state index contributed by atoms with van der Waals surface area (Å²) >= 11 is 0. The average Bonchev–Trinajstić information content (AvgIpc) is 3.01. The van der Waals surface area contributed by atoms with Crippen LogP contribution in [0.5, 0.6) is 0 Å². The largest absolute Gasteiger partial charge is 0.351 e. The third-order valence-corrected chi connectivity index (χ3v) is 4.25. The maximum atomic E-state index is 12.8. The van der Waals surface area contributed by atoms with Crippen LogP contribution in [0.3, 0.4) is 0 Å².